The number of likely N-dealkylation sites (tertiary alicyclic amines) is 1. The van der Waals surface area contributed by atoms with Gasteiger partial charge in [-0.2, -0.15) is 0 Å². The van der Waals surface area contributed by atoms with Gasteiger partial charge in [-0.05, 0) is 43.4 Å². The Morgan fingerprint density at radius 3 is 2.77 bits per heavy atom. The van der Waals surface area contributed by atoms with Gasteiger partial charge < -0.3 is 10.2 Å². The molecule has 116 valence electrons. The predicted molar refractivity (Wildman–Crippen MR) is 89.0 cm³/mol. The molecule has 1 N–H and O–H groups in total. The molecule has 1 aromatic carbocycles. The molecule has 1 aliphatic heterocycles. The Bertz CT molecular complexity index is 601. The number of rotatable bonds is 3. The maximum Gasteiger partial charge on any atom is 0.296 e. The Kier molecular flexibility index (Phi) is 6.02. The lowest BCUT2D eigenvalue weighted by Gasteiger charge is -2.33. The van der Waals surface area contributed by atoms with Crippen LogP contribution < -0.4 is 5.32 Å². The second-order valence-corrected chi connectivity index (χ2v) is 6.25. The van der Waals surface area contributed by atoms with Gasteiger partial charge >= 0.3 is 0 Å². The first-order chi connectivity index (χ1) is 10.6. The standard InChI is InChI=1S/C17H19BrN2O2/c1-2-4-16(21)19-15-5-3-10-20(12-15)17(22)11-13-6-8-14(18)9-7-13/h6-9,15H,3,5,10-12H2,1H3,(H,19,21). The lowest BCUT2D eigenvalue weighted by Crippen LogP contribution is -2.49. The zero-order valence-corrected chi connectivity index (χ0v) is 14.1. The highest BCUT2D eigenvalue weighted by molar-refractivity contribution is 9.10. The van der Waals surface area contributed by atoms with E-state index in [2.05, 4.69) is 33.1 Å². The van der Waals surface area contributed by atoms with Crippen LogP contribution in [-0.2, 0) is 16.0 Å². The second kappa shape index (κ2) is 8.00. The summed E-state index contributed by atoms with van der Waals surface area (Å²) in [5.41, 5.74) is 0.996. The summed E-state index contributed by atoms with van der Waals surface area (Å²) >= 11 is 3.39. The molecule has 0 radical (unpaired) electrons. The zero-order chi connectivity index (χ0) is 15.9. The van der Waals surface area contributed by atoms with Gasteiger partial charge in [0.25, 0.3) is 5.91 Å². The fourth-order valence-corrected chi connectivity index (χ4v) is 2.81. The van der Waals surface area contributed by atoms with E-state index in [0.717, 1.165) is 29.4 Å². The molecule has 1 unspecified atom stereocenters. The summed E-state index contributed by atoms with van der Waals surface area (Å²) in [6.45, 7) is 2.95. The monoisotopic (exact) mass is 362 g/mol. The number of benzene rings is 1. The number of amides is 2. The highest BCUT2D eigenvalue weighted by atomic mass is 79.9. The number of nitrogens with one attached hydrogen (secondary N) is 1. The molecule has 2 rings (SSSR count). The molecule has 1 fully saturated rings. The SMILES string of the molecule is CC#CC(=O)NC1CCCN(C(=O)Cc2ccc(Br)cc2)C1. The van der Waals surface area contributed by atoms with Crippen LogP contribution in [0.1, 0.15) is 25.3 Å². The van der Waals surface area contributed by atoms with Crippen LogP contribution >= 0.6 is 15.9 Å². The minimum Gasteiger partial charge on any atom is -0.341 e. The maximum absolute atomic E-state index is 12.4. The summed E-state index contributed by atoms with van der Waals surface area (Å²) in [6.07, 6.45) is 2.18. The lowest BCUT2D eigenvalue weighted by molar-refractivity contribution is -0.132. The molecule has 1 atom stereocenters. The summed E-state index contributed by atoms with van der Waals surface area (Å²) < 4.78 is 1.00. The maximum atomic E-state index is 12.4. The number of hydrogen-bond acceptors (Lipinski definition) is 2. The molecule has 1 heterocycles. The number of halogens is 1. The molecular formula is C17H19BrN2O2. The van der Waals surface area contributed by atoms with Gasteiger partial charge in [-0.3, -0.25) is 9.59 Å². The van der Waals surface area contributed by atoms with Crippen LogP contribution in [0.5, 0.6) is 0 Å². The van der Waals surface area contributed by atoms with Gasteiger partial charge in [-0.15, -0.1) is 0 Å². The van der Waals surface area contributed by atoms with Crippen LogP contribution in [0, 0.1) is 11.8 Å². The fraction of sp³-hybridized carbons (Fsp3) is 0.412. The van der Waals surface area contributed by atoms with E-state index >= 15 is 0 Å². The average Bonchev–Trinajstić information content (AvgIpc) is 2.50. The minimum absolute atomic E-state index is 0.00373. The summed E-state index contributed by atoms with van der Waals surface area (Å²) in [6, 6.07) is 7.76. The molecule has 22 heavy (non-hydrogen) atoms. The molecule has 2 amide bonds. The van der Waals surface area contributed by atoms with Crippen molar-refractivity contribution in [1.29, 1.82) is 0 Å². The molecule has 0 aliphatic carbocycles. The van der Waals surface area contributed by atoms with Crippen molar-refractivity contribution < 1.29 is 9.59 Å². The van der Waals surface area contributed by atoms with E-state index in [1.807, 2.05) is 29.2 Å². The van der Waals surface area contributed by atoms with Crippen molar-refractivity contribution in [2.24, 2.45) is 0 Å². The van der Waals surface area contributed by atoms with Crippen LogP contribution in [0.25, 0.3) is 0 Å². The van der Waals surface area contributed by atoms with Crippen molar-refractivity contribution in [2.45, 2.75) is 32.2 Å². The number of carbonyl (C=O) groups is 2. The zero-order valence-electron chi connectivity index (χ0n) is 12.6. The van der Waals surface area contributed by atoms with E-state index in [1.54, 1.807) is 6.92 Å². The second-order valence-electron chi connectivity index (χ2n) is 5.33. The topological polar surface area (TPSA) is 49.4 Å². The molecule has 1 aromatic rings. The van der Waals surface area contributed by atoms with Gasteiger partial charge in [0, 0.05) is 23.6 Å². The predicted octanol–water partition coefficient (Wildman–Crippen LogP) is 2.12. The van der Waals surface area contributed by atoms with Gasteiger partial charge in [0.2, 0.25) is 5.91 Å². The van der Waals surface area contributed by atoms with Crippen LogP contribution in [-0.4, -0.2) is 35.8 Å². The van der Waals surface area contributed by atoms with Crippen molar-refractivity contribution >= 4 is 27.7 Å². The number of carbonyl (C=O) groups excluding carboxylic acids is 2. The molecule has 0 spiro atoms. The van der Waals surface area contributed by atoms with Crippen molar-refractivity contribution in [3.63, 3.8) is 0 Å². The number of piperidine rings is 1. The molecule has 1 aliphatic rings. The number of hydrogen-bond donors (Lipinski definition) is 1. The van der Waals surface area contributed by atoms with E-state index in [9.17, 15) is 9.59 Å². The third-order valence-corrected chi connectivity index (χ3v) is 4.15. The summed E-state index contributed by atoms with van der Waals surface area (Å²) in [4.78, 5) is 25.7. The Labute approximate surface area is 139 Å². The van der Waals surface area contributed by atoms with Crippen LogP contribution in [0.2, 0.25) is 0 Å². The van der Waals surface area contributed by atoms with Gasteiger partial charge in [0.1, 0.15) is 0 Å². The van der Waals surface area contributed by atoms with E-state index in [0.29, 0.717) is 13.0 Å². The van der Waals surface area contributed by atoms with Gasteiger partial charge in [0.15, 0.2) is 0 Å². The minimum atomic E-state index is -0.269. The fourth-order valence-electron chi connectivity index (χ4n) is 2.55. The summed E-state index contributed by atoms with van der Waals surface area (Å²) in [7, 11) is 0. The Morgan fingerprint density at radius 1 is 1.36 bits per heavy atom. The van der Waals surface area contributed by atoms with Gasteiger partial charge in [-0.1, -0.05) is 34.0 Å². The van der Waals surface area contributed by atoms with Gasteiger partial charge in [0.05, 0.1) is 6.42 Å². The smallest absolute Gasteiger partial charge is 0.296 e. The van der Waals surface area contributed by atoms with Crippen molar-refractivity contribution in [1.82, 2.24) is 10.2 Å². The lowest BCUT2D eigenvalue weighted by atomic mass is 10.0. The van der Waals surface area contributed by atoms with Crippen LogP contribution in [0.3, 0.4) is 0 Å². The van der Waals surface area contributed by atoms with Crippen molar-refractivity contribution in [3.8, 4) is 11.8 Å². The average molecular weight is 363 g/mol. The van der Waals surface area contributed by atoms with Crippen LogP contribution in [0.4, 0.5) is 0 Å². The first-order valence-corrected chi connectivity index (χ1v) is 8.13. The number of nitrogens with zero attached hydrogens (tertiary/aromatic N) is 1. The van der Waals surface area contributed by atoms with Crippen LogP contribution in [0.15, 0.2) is 28.7 Å². The molecule has 5 heteroatoms. The highest BCUT2D eigenvalue weighted by Gasteiger charge is 2.24. The van der Waals surface area contributed by atoms with E-state index < -0.39 is 0 Å². The van der Waals surface area contributed by atoms with Crippen molar-refractivity contribution in [2.75, 3.05) is 13.1 Å². The van der Waals surface area contributed by atoms with Crippen molar-refractivity contribution in [3.05, 3.63) is 34.3 Å². The molecule has 0 bridgehead atoms. The molecular weight excluding hydrogens is 344 g/mol. The largest absolute Gasteiger partial charge is 0.341 e. The van der Waals surface area contributed by atoms with E-state index in [-0.39, 0.29) is 17.9 Å². The third-order valence-electron chi connectivity index (χ3n) is 3.62. The molecule has 1 saturated heterocycles. The quantitative estimate of drug-likeness (QED) is 0.837. The molecule has 0 aromatic heterocycles. The third kappa shape index (κ3) is 4.88. The molecule has 0 saturated carbocycles. The first-order valence-electron chi connectivity index (χ1n) is 7.34. The Balaban J connectivity index is 1.90. The van der Waals surface area contributed by atoms with E-state index in [4.69, 9.17) is 0 Å². The summed E-state index contributed by atoms with van der Waals surface area (Å²) in [5.74, 6) is 4.89. The Hall–Kier alpha value is -1.80. The van der Waals surface area contributed by atoms with E-state index in [1.165, 1.54) is 0 Å². The normalized spacial score (nSPS) is 17.4. The highest BCUT2D eigenvalue weighted by Crippen LogP contribution is 2.14. The Morgan fingerprint density at radius 2 is 2.09 bits per heavy atom. The first kappa shape index (κ1) is 16.6. The molecule has 4 nitrogen and oxygen atoms in total. The summed E-state index contributed by atoms with van der Waals surface area (Å²) in [5, 5.41) is 2.86. The van der Waals surface area contributed by atoms with Gasteiger partial charge in [-0.25, -0.2) is 0 Å².